The molecule has 3 aromatic carbocycles. The Hall–Kier alpha value is -3.07. The van der Waals surface area contributed by atoms with E-state index in [1.54, 1.807) is 18.3 Å². The molecule has 0 bridgehead atoms. The number of phenolic OH excluding ortho intramolecular Hbond substituents is 1. The first-order chi connectivity index (χ1) is 10.7. The molecule has 0 atom stereocenters. The monoisotopic (exact) mass is 288 g/mol. The number of hydrogen-bond donors (Lipinski definition) is 2. The molecule has 0 aromatic heterocycles. The van der Waals surface area contributed by atoms with Crippen molar-refractivity contribution in [1.82, 2.24) is 0 Å². The van der Waals surface area contributed by atoms with Crippen LogP contribution in [-0.4, -0.2) is 11.3 Å². The lowest BCUT2D eigenvalue weighted by Gasteiger charge is -2.03. The molecule has 0 spiro atoms. The Morgan fingerprint density at radius 3 is 2.00 bits per heavy atom. The van der Waals surface area contributed by atoms with Gasteiger partial charge in [-0.1, -0.05) is 36.4 Å². The van der Waals surface area contributed by atoms with Gasteiger partial charge in [0.2, 0.25) is 0 Å². The van der Waals surface area contributed by atoms with Crippen LogP contribution in [0.15, 0.2) is 77.8 Å². The van der Waals surface area contributed by atoms with Gasteiger partial charge in [0.05, 0.1) is 5.69 Å². The molecule has 0 aliphatic carbocycles. The summed E-state index contributed by atoms with van der Waals surface area (Å²) in [6.45, 7) is 0. The predicted octanol–water partition coefficient (Wildman–Crippen LogP) is 4.39. The van der Waals surface area contributed by atoms with Crippen LogP contribution in [0.25, 0.3) is 11.1 Å². The largest absolute Gasteiger partial charge is 0.507 e. The van der Waals surface area contributed by atoms with Crippen LogP contribution in [0.2, 0.25) is 0 Å². The summed E-state index contributed by atoms with van der Waals surface area (Å²) in [4.78, 5) is 4.38. The lowest BCUT2D eigenvalue weighted by molar-refractivity contribution is 0.474. The van der Waals surface area contributed by atoms with Gasteiger partial charge in [0.15, 0.2) is 0 Å². The van der Waals surface area contributed by atoms with Crippen molar-refractivity contribution in [3.63, 3.8) is 0 Å². The molecule has 0 heterocycles. The maximum Gasteiger partial charge on any atom is 0.124 e. The Bertz CT molecular complexity index is 790. The van der Waals surface area contributed by atoms with Crippen molar-refractivity contribution in [2.24, 2.45) is 4.99 Å². The van der Waals surface area contributed by atoms with Crippen molar-refractivity contribution in [1.29, 1.82) is 0 Å². The van der Waals surface area contributed by atoms with Gasteiger partial charge in [-0.3, -0.25) is 4.99 Å². The average molecular weight is 288 g/mol. The minimum atomic E-state index is 0.227. The second-order valence-electron chi connectivity index (χ2n) is 4.99. The molecule has 22 heavy (non-hydrogen) atoms. The molecule has 0 unspecified atom stereocenters. The number of anilines is 1. The molecule has 0 saturated carbocycles. The number of rotatable bonds is 3. The van der Waals surface area contributed by atoms with Gasteiger partial charge in [0.1, 0.15) is 5.75 Å². The molecule has 108 valence electrons. The average Bonchev–Trinajstić information content (AvgIpc) is 2.55. The van der Waals surface area contributed by atoms with E-state index in [2.05, 4.69) is 4.99 Å². The summed E-state index contributed by atoms with van der Waals surface area (Å²) in [6, 6.07) is 22.8. The highest BCUT2D eigenvalue weighted by Gasteiger charge is 1.98. The number of aromatic hydroxyl groups is 1. The lowest BCUT2D eigenvalue weighted by atomic mass is 10.1. The van der Waals surface area contributed by atoms with Crippen molar-refractivity contribution in [2.45, 2.75) is 0 Å². The molecule has 0 aliphatic rings. The summed E-state index contributed by atoms with van der Waals surface area (Å²) in [5.41, 5.74) is 10.2. The fraction of sp³-hybridized carbons (Fsp3) is 0. The maximum absolute atomic E-state index is 9.70. The number of nitrogens with zero attached hydrogens (tertiary/aromatic N) is 1. The Morgan fingerprint density at radius 1 is 0.773 bits per heavy atom. The van der Waals surface area contributed by atoms with Crippen LogP contribution in [0, 0.1) is 0 Å². The summed E-state index contributed by atoms with van der Waals surface area (Å²) in [6.07, 6.45) is 1.66. The SMILES string of the molecule is Nc1ccc(-c2ccc(N=Cc3ccccc3O)cc2)cc1. The minimum Gasteiger partial charge on any atom is -0.507 e. The van der Waals surface area contributed by atoms with E-state index >= 15 is 0 Å². The second kappa shape index (κ2) is 6.14. The molecule has 0 amide bonds. The Kier molecular flexibility index (Phi) is 3.88. The summed E-state index contributed by atoms with van der Waals surface area (Å²) in [5, 5.41) is 9.70. The first-order valence-corrected chi connectivity index (χ1v) is 7.00. The lowest BCUT2D eigenvalue weighted by Crippen LogP contribution is -1.84. The van der Waals surface area contributed by atoms with Crippen LogP contribution in [0.1, 0.15) is 5.56 Å². The van der Waals surface area contributed by atoms with E-state index in [4.69, 9.17) is 5.73 Å². The van der Waals surface area contributed by atoms with Gasteiger partial charge in [0, 0.05) is 17.5 Å². The number of aliphatic imine (C=N–C) groups is 1. The highest BCUT2D eigenvalue weighted by molar-refractivity contribution is 5.85. The van der Waals surface area contributed by atoms with Crippen molar-refractivity contribution in [3.8, 4) is 16.9 Å². The first-order valence-electron chi connectivity index (χ1n) is 7.00. The summed E-state index contributed by atoms with van der Waals surface area (Å²) < 4.78 is 0. The zero-order valence-electron chi connectivity index (χ0n) is 12.0. The molecular weight excluding hydrogens is 272 g/mol. The van der Waals surface area contributed by atoms with Gasteiger partial charge in [-0.2, -0.15) is 0 Å². The number of nitrogen functional groups attached to an aromatic ring is 1. The quantitative estimate of drug-likeness (QED) is 0.554. The molecule has 3 nitrogen and oxygen atoms in total. The third-order valence-corrected chi connectivity index (χ3v) is 3.40. The van der Waals surface area contributed by atoms with Crippen molar-refractivity contribution in [3.05, 3.63) is 78.4 Å². The van der Waals surface area contributed by atoms with Crippen LogP contribution in [0.3, 0.4) is 0 Å². The van der Waals surface area contributed by atoms with E-state index in [0.29, 0.717) is 5.56 Å². The van der Waals surface area contributed by atoms with E-state index in [-0.39, 0.29) is 5.75 Å². The van der Waals surface area contributed by atoms with Crippen LogP contribution in [-0.2, 0) is 0 Å². The maximum atomic E-state index is 9.70. The topological polar surface area (TPSA) is 58.6 Å². The normalized spacial score (nSPS) is 10.9. The molecular formula is C19H16N2O. The zero-order valence-corrected chi connectivity index (χ0v) is 12.0. The fourth-order valence-electron chi connectivity index (χ4n) is 2.16. The molecule has 0 saturated heterocycles. The smallest absolute Gasteiger partial charge is 0.124 e. The Morgan fingerprint density at radius 2 is 1.36 bits per heavy atom. The summed E-state index contributed by atoms with van der Waals surface area (Å²) >= 11 is 0. The fourth-order valence-corrected chi connectivity index (χ4v) is 2.16. The minimum absolute atomic E-state index is 0.227. The van der Waals surface area contributed by atoms with Crippen LogP contribution in [0.4, 0.5) is 11.4 Å². The van der Waals surface area contributed by atoms with Crippen LogP contribution >= 0.6 is 0 Å². The van der Waals surface area contributed by atoms with Crippen LogP contribution < -0.4 is 5.73 Å². The molecule has 3 aromatic rings. The molecule has 3 N–H and O–H groups in total. The van der Waals surface area contributed by atoms with Gasteiger partial charge in [0.25, 0.3) is 0 Å². The van der Waals surface area contributed by atoms with Crippen LogP contribution in [0.5, 0.6) is 5.75 Å². The molecule has 3 heteroatoms. The predicted molar refractivity (Wildman–Crippen MR) is 91.7 cm³/mol. The van der Waals surface area contributed by atoms with Gasteiger partial charge >= 0.3 is 0 Å². The Balaban J connectivity index is 1.80. The highest BCUT2D eigenvalue weighted by Crippen LogP contribution is 2.24. The third-order valence-electron chi connectivity index (χ3n) is 3.40. The van der Waals surface area contributed by atoms with Gasteiger partial charge in [-0.15, -0.1) is 0 Å². The number of hydrogen-bond acceptors (Lipinski definition) is 3. The number of benzene rings is 3. The number of para-hydroxylation sites is 1. The Labute approximate surface area is 129 Å². The second-order valence-corrected chi connectivity index (χ2v) is 4.99. The molecule has 0 aliphatic heterocycles. The summed E-state index contributed by atoms with van der Waals surface area (Å²) in [5.74, 6) is 0.227. The first kappa shape index (κ1) is 13.9. The number of phenols is 1. The van der Waals surface area contributed by atoms with E-state index in [1.807, 2.05) is 60.7 Å². The standard InChI is InChI=1S/C19H16N2O/c20-17-9-5-14(6-10-17)15-7-11-18(12-8-15)21-13-16-3-1-2-4-19(16)22/h1-13,22H,20H2. The summed E-state index contributed by atoms with van der Waals surface area (Å²) in [7, 11) is 0. The number of nitrogens with two attached hydrogens (primary N) is 1. The van der Waals surface area contributed by atoms with Crippen molar-refractivity contribution >= 4 is 17.6 Å². The van der Waals surface area contributed by atoms with E-state index < -0.39 is 0 Å². The molecule has 0 radical (unpaired) electrons. The van der Waals surface area contributed by atoms with E-state index in [9.17, 15) is 5.11 Å². The van der Waals surface area contributed by atoms with E-state index in [0.717, 1.165) is 22.5 Å². The molecule has 3 rings (SSSR count). The van der Waals surface area contributed by atoms with Gasteiger partial charge < -0.3 is 10.8 Å². The molecule has 0 fully saturated rings. The third kappa shape index (κ3) is 3.15. The zero-order chi connectivity index (χ0) is 15.4. The van der Waals surface area contributed by atoms with Gasteiger partial charge in [-0.25, -0.2) is 0 Å². The van der Waals surface area contributed by atoms with Crippen molar-refractivity contribution < 1.29 is 5.11 Å². The highest BCUT2D eigenvalue weighted by atomic mass is 16.3. The van der Waals surface area contributed by atoms with Crippen molar-refractivity contribution in [2.75, 3.05) is 5.73 Å². The van der Waals surface area contributed by atoms with E-state index in [1.165, 1.54) is 0 Å². The van der Waals surface area contributed by atoms with Gasteiger partial charge in [-0.05, 0) is 47.5 Å².